The Morgan fingerprint density at radius 1 is 1.30 bits per heavy atom. The van der Waals surface area contributed by atoms with Gasteiger partial charge in [0.15, 0.2) is 0 Å². The number of carbonyl (C=O) groups excluding carboxylic acids is 1. The third-order valence-electron chi connectivity index (χ3n) is 2.87. The lowest BCUT2D eigenvalue weighted by Gasteiger charge is -2.10. The summed E-state index contributed by atoms with van der Waals surface area (Å²) in [5, 5.41) is 0.574. The van der Waals surface area contributed by atoms with E-state index in [1.54, 1.807) is 32.2 Å². The lowest BCUT2D eigenvalue weighted by atomic mass is 10.1. The second-order valence-corrected chi connectivity index (χ2v) is 4.80. The third kappa shape index (κ3) is 2.96. The van der Waals surface area contributed by atoms with E-state index < -0.39 is 0 Å². The van der Waals surface area contributed by atoms with Crippen molar-refractivity contribution >= 4 is 17.6 Å². The number of nitrogens with zero attached hydrogens (tertiary/aromatic N) is 2. The van der Waals surface area contributed by atoms with E-state index in [0.717, 1.165) is 11.3 Å². The lowest BCUT2D eigenvalue weighted by molar-refractivity contribution is 0.0524. The summed E-state index contributed by atoms with van der Waals surface area (Å²) in [5.41, 5.74) is 3.41. The number of ether oxygens (including phenoxy) is 1. The fourth-order valence-electron chi connectivity index (χ4n) is 2.00. The van der Waals surface area contributed by atoms with Gasteiger partial charge in [0.25, 0.3) is 0 Å². The van der Waals surface area contributed by atoms with Crippen molar-refractivity contribution in [2.24, 2.45) is 0 Å². The van der Waals surface area contributed by atoms with Crippen molar-refractivity contribution in [2.45, 2.75) is 20.8 Å². The van der Waals surface area contributed by atoms with Gasteiger partial charge in [0.05, 0.1) is 34.3 Å². The highest BCUT2D eigenvalue weighted by Gasteiger charge is 2.16. The van der Waals surface area contributed by atoms with Crippen molar-refractivity contribution in [1.82, 2.24) is 9.97 Å². The number of halogens is 1. The average molecular weight is 291 g/mol. The Balaban J connectivity index is 2.44. The smallest absolute Gasteiger partial charge is 0.340 e. The van der Waals surface area contributed by atoms with Gasteiger partial charge in [0.2, 0.25) is 0 Å². The summed E-state index contributed by atoms with van der Waals surface area (Å²) in [7, 11) is 0. The zero-order chi connectivity index (χ0) is 14.7. The van der Waals surface area contributed by atoms with Crippen LogP contribution in [0.25, 0.3) is 11.4 Å². The van der Waals surface area contributed by atoms with Crippen LogP contribution in [0.5, 0.6) is 0 Å². The van der Waals surface area contributed by atoms with E-state index in [-0.39, 0.29) is 5.97 Å². The third-order valence-corrected chi connectivity index (χ3v) is 3.09. The fraction of sp³-hybridized carbons (Fsp3) is 0.267. The molecule has 104 valence electrons. The molecule has 20 heavy (non-hydrogen) atoms. The minimum atomic E-state index is -0.342. The summed E-state index contributed by atoms with van der Waals surface area (Å²) in [6, 6.07) is 5.39. The van der Waals surface area contributed by atoms with Gasteiger partial charge < -0.3 is 4.74 Å². The van der Waals surface area contributed by atoms with Crippen LogP contribution in [0.4, 0.5) is 0 Å². The quantitative estimate of drug-likeness (QED) is 0.811. The Morgan fingerprint density at radius 2 is 2.05 bits per heavy atom. The van der Waals surface area contributed by atoms with Crippen LogP contribution in [0.3, 0.4) is 0 Å². The van der Waals surface area contributed by atoms with Crippen LogP contribution in [0.15, 0.2) is 24.4 Å². The highest BCUT2D eigenvalue weighted by atomic mass is 35.5. The van der Waals surface area contributed by atoms with Crippen molar-refractivity contribution in [3.05, 3.63) is 46.2 Å². The maximum absolute atomic E-state index is 11.9. The molecule has 2 heterocycles. The summed E-state index contributed by atoms with van der Waals surface area (Å²) < 4.78 is 5.04. The Labute approximate surface area is 122 Å². The molecule has 4 nitrogen and oxygen atoms in total. The van der Waals surface area contributed by atoms with Crippen LogP contribution < -0.4 is 0 Å². The first-order chi connectivity index (χ1) is 9.52. The molecule has 0 saturated heterocycles. The SMILES string of the molecule is CCOC(=O)c1c(C)cc(-c2ccc(Cl)cn2)nc1C. The summed E-state index contributed by atoms with van der Waals surface area (Å²) >= 11 is 5.82. The molecule has 0 saturated carbocycles. The van der Waals surface area contributed by atoms with Gasteiger partial charge in [-0.25, -0.2) is 4.79 Å². The number of rotatable bonds is 3. The number of pyridine rings is 2. The normalized spacial score (nSPS) is 10.4. The molecule has 0 radical (unpaired) electrons. The largest absolute Gasteiger partial charge is 0.462 e. The molecule has 0 N–H and O–H groups in total. The van der Waals surface area contributed by atoms with Gasteiger partial charge in [-0.05, 0) is 44.5 Å². The summed E-state index contributed by atoms with van der Waals surface area (Å²) in [5.74, 6) is -0.342. The first kappa shape index (κ1) is 14.5. The maximum Gasteiger partial charge on any atom is 0.340 e. The van der Waals surface area contributed by atoms with E-state index in [0.29, 0.717) is 28.6 Å². The van der Waals surface area contributed by atoms with Crippen molar-refractivity contribution in [2.75, 3.05) is 6.61 Å². The van der Waals surface area contributed by atoms with Gasteiger partial charge in [-0.1, -0.05) is 11.6 Å². The van der Waals surface area contributed by atoms with Crippen molar-refractivity contribution in [1.29, 1.82) is 0 Å². The Hall–Kier alpha value is -1.94. The average Bonchev–Trinajstić information content (AvgIpc) is 2.39. The minimum absolute atomic E-state index is 0.342. The number of aryl methyl sites for hydroxylation is 2. The summed E-state index contributed by atoms with van der Waals surface area (Å²) in [6.07, 6.45) is 1.57. The molecule has 0 aliphatic rings. The highest BCUT2D eigenvalue weighted by molar-refractivity contribution is 6.30. The summed E-state index contributed by atoms with van der Waals surface area (Å²) in [6.45, 7) is 5.78. The van der Waals surface area contributed by atoms with Crippen molar-refractivity contribution in [3.8, 4) is 11.4 Å². The van der Waals surface area contributed by atoms with E-state index in [2.05, 4.69) is 9.97 Å². The predicted octanol–water partition coefficient (Wildman–Crippen LogP) is 3.59. The molecule has 0 atom stereocenters. The molecule has 0 fully saturated rings. The Kier molecular flexibility index (Phi) is 4.35. The second-order valence-electron chi connectivity index (χ2n) is 4.37. The van der Waals surface area contributed by atoms with Gasteiger partial charge in [-0.15, -0.1) is 0 Å². The van der Waals surface area contributed by atoms with Crippen molar-refractivity contribution < 1.29 is 9.53 Å². The molecule has 2 rings (SSSR count). The Morgan fingerprint density at radius 3 is 2.60 bits per heavy atom. The lowest BCUT2D eigenvalue weighted by Crippen LogP contribution is -2.10. The number of hydrogen-bond donors (Lipinski definition) is 0. The van der Waals surface area contributed by atoms with Crippen molar-refractivity contribution in [3.63, 3.8) is 0 Å². The van der Waals surface area contributed by atoms with E-state index in [9.17, 15) is 4.79 Å². The predicted molar refractivity (Wildman–Crippen MR) is 77.9 cm³/mol. The monoisotopic (exact) mass is 290 g/mol. The molecule has 0 unspecified atom stereocenters. The number of carbonyl (C=O) groups is 1. The van der Waals surface area contributed by atoms with Crippen LogP contribution in [-0.2, 0) is 4.74 Å². The van der Waals surface area contributed by atoms with Gasteiger partial charge in [-0.2, -0.15) is 0 Å². The van der Waals surface area contributed by atoms with Crippen LogP contribution in [-0.4, -0.2) is 22.5 Å². The van der Waals surface area contributed by atoms with Crippen LogP contribution in [0.1, 0.15) is 28.5 Å². The van der Waals surface area contributed by atoms with Crippen LogP contribution in [0.2, 0.25) is 5.02 Å². The van der Waals surface area contributed by atoms with E-state index >= 15 is 0 Å². The number of esters is 1. The molecule has 0 aliphatic heterocycles. The topological polar surface area (TPSA) is 52.1 Å². The molecule has 5 heteroatoms. The molecule has 2 aromatic heterocycles. The fourth-order valence-corrected chi connectivity index (χ4v) is 2.11. The summed E-state index contributed by atoms with van der Waals surface area (Å²) in [4.78, 5) is 20.5. The van der Waals surface area contributed by atoms with Gasteiger partial charge in [0, 0.05) is 6.20 Å². The second kappa shape index (κ2) is 6.01. The van der Waals surface area contributed by atoms with Gasteiger partial charge in [0.1, 0.15) is 0 Å². The molecule has 0 aliphatic carbocycles. The molecular formula is C15H15ClN2O2. The zero-order valence-corrected chi connectivity index (χ0v) is 12.4. The molecule has 0 bridgehead atoms. The highest BCUT2D eigenvalue weighted by Crippen LogP contribution is 2.22. The minimum Gasteiger partial charge on any atom is -0.462 e. The zero-order valence-electron chi connectivity index (χ0n) is 11.6. The first-order valence-corrected chi connectivity index (χ1v) is 6.68. The molecule has 0 spiro atoms. The molecule has 0 aromatic carbocycles. The number of aromatic nitrogens is 2. The van der Waals surface area contributed by atoms with Crippen LogP contribution >= 0.6 is 11.6 Å². The van der Waals surface area contributed by atoms with Gasteiger partial charge in [-0.3, -0.25) is 9.97 Å². The van der Waals surface area contributed by atoms with Crippen LogP contribution in [0, 0.1) is 13.8 Å². The van der Waals surface area contributed by atoms with E-state index in [1.807, 2.05) is 13.0 Å². The van der Waals surface area contributed by atoms with E-state index in [4.69, 9.17) is 16.3 Å². The first-order valence-electron chi connectivity index (χ1n) is 6.30. The molecule has 2 aromatic rings. The molecular weight excluding hydrogens is 276 g/mol. The Bertz CT molecular complexity index is 616. The molecule has 0 amide bonds. The van der Waals surface area contributed by atoms with E-state index in [1.165, 1.54) is 0 Å². The number of hydrogen-bond acceptors (Lipinski definition) is 4. The maximum atomic E-state index is 11.9. The standard InChI is InChI=1S/C15H15ClN2O2/c1-4-20-15(19)14-9(2)7-13(18-10(14)3)12-6-5-11(16)8-17-12/h5-8H,4H2,1-3H3. The van der Waals surface area contributed by atoms with Gasteiger partial charge >= 0.3 is 5.97 Å².